The van der Waals surface area contributed by atoms with E-state index in [9.17, 15) is 9.59 Å². The number of rotatable bonds is 19. The Kier molecular flexibility index (Phi) is 25.4. The van der Waals surface area contributed by atoms with Gasteiger partial charge in [-0.2, -0.15) is 0 Å². The minimum absolute atomic E-state index is 0.0926. The molecule has 13 nitrogen and oxygen atoms in total. The highest BCUT2D eigenvalue weighted by Crippen LogP contribution is 2.51. The van der Waals surface area contributed by atoms with E-state index in [0.717, 1.165) is 52.2 Å². The van der Waals surface area contributed by atoms with Gasteiger partial charge in [-0.15, -0.1) is 0 Å². The molecule has 0 aliphatic carbocycles. The number of methoxy groups -OCH3 is 1. The van der Waals surface area contributed by atoms with E-state index in [1.807, 2.05) is 83.2 Å². The number of esters is 3. The molecular weight excluding hydrogens is 1110 g/mol. The second kappa shape index (κ2) is 30.2. The molecular formula is C68H106O13Si3. The molecule has 4 bridgehead atoms. The van der Waals surface area contributed by atoms with E-state index in [2.05, 4.69) is 99.7 Å². The van der Waals surface area contributed by atoms with Gasteiger partial charge in [-0.3, -0.25) is 19.2 Å². The van der Waals surface area contributed by atoms with Gasteiger partial charge in [0.15, 0.2) is 34.3 Å². The van der Waals surface area contributed by atoms with Crippen LogP contribution in [-0.4, -0.2) is 116 Å². The number of hydrogen-bond acceptors (Lipinski definition) is 13. The molecule has 0 amide bonds. The molecule has 2 fully saturated rings. The van der Waals surface area contributed by atoms with Gasteiger partial charge in [0, 0.05) is 45.6 Å². The normalized spacial score (nSPS) is 28.2. The van der Waals surface area contributed by atoms with Crippen molar-refractivity contribution in [2.24, 2.45) is 10.8 Å². The average Bonchev–Trinajstić information content (AvgIpc) is 1.37. The fraction of sp³-hybridized carbons (Fsp3) is 0.647. The third kappa shape index (κ3) is 16.9. The van der Waals surface area contributed by atoms with Crippen LogP contribution in [0.4, 0.5) is 0 Å². The predicted octanol–water partition coefficient (Wildman–Crippen LogP) is 14.0. The number of hydrogen-bond donors (Lipinski definition) is 0. The summed E-state index contributed by atoms with van der Waals surface area (Å²) in [6.45, 7) is 40.7. The van der Waals surface area contributed by atoms with Crippen LogP contribution in [0.5, 0.6) is 0 Å². The topological polar surface area (TPSA) is 151 Å². The van der Waals surface area contributed by atoms with Crippen LogP contribution in [0.15, 0.2) is 109 Å². The molecule has 84 heavy (non-hydrogen) atoms. The van der Waals surface area contributed by atoms with Crippen LogP contribution in [0.25, 0.3) is 0 Å². The lowest BCUT2D eigenvalue weighted by Crippen LogP contribution is -2.68. The first kappa shape index (κ1) is 70.7. The highest BCUT2D eigenvalue weighted by Gasteiger charge is 2.60. The average molecular weight is 1220 g/mol. The monoisotopic (exact) mass is 1210 g/mol. The fourth-order valence-corrected chi connectivity index (χ4v) is 23.9. The summed E-state index contributed by atoms with van der Waals surface area (Å²) in [6.07, 6.45) is 2.71. The van der Waals surface area contributed by atoms with E-state index in [4.69, 9.17) is 41.7 Å². The summed E-state index contributed by atoms with van der Waals surface area (Å²) in [5.41, 5.74) is -0.671. The molecule has 3 aliphatic rings. The molecule has 0 unspecified atom stereocenters. The number of Topliss-reactive ketones (excluding diaryl/α,β-unsaturated/α-hetero) is 1. The van der Waals surface area contributed by atoms with Crippen LogP contribution in [-0.2, 0) is 60.9 Å². The van der Waals surface area contributed by atoms with E-state index in [0.29, 0.717) is 24.8 Å². The Hall–Kier alpha value is -4.11. The van der Waals surface area contributed by atoms with E-state index in [1.54, 1.807) is 19.3 Å². The van der Waals surface area contributed by atoms with Crippen molar-refractivity contribution in [3.8, 4) is 0 Å². The number of ketones is 1. The molecule has 0 radical (unpaired) electrons. The molecule has 5 rings (SSSR count). The van der Waals surface area contributed by atoms with E-state index < -0.39 is 119 Å². The van der Waals surface area contributed by atoms with Gasteiger partial charge in [0.1, 0.15) is 12.2 Å². The Morgan fingerprint density at radius 2 is 1.29 bits per heavy atom. The Morgan fingerprint density at radius 3 is 1.79 bits per heavy atom. The Balaban J connectivity index is 1.85. The Morgan fingerprint density at radius 1 is 0.738 bits per heavy atom. The summed E-state index contributed by atoms with van der Waals surface area (Å²) in [5, 5.41) is 1.58. The molecule has 0 N–H and O–H groups in total. The van der Waals surface area contributed by atoms with Crippen LogP contribution in [0.3, 0.4) is 0 Å². The Bertz CT molecular complexity index is 2510. The van der Waals surface area contributed by atoms with Crippen molar-refractivity contribution in [3.63, 3.8) is 0 Å². The largest absolute Gasteiger partial charge is 0.462 e. The van der Waals surface area contributed by atoms with Gasteiger partial charge in [-0.25, -0.2) is 0 Å². The molecule has 2 saturated heterocycles. The zero-order valence-corrected chi connectivity index (χ0v) is 57.4. The van der Waals surface area contributed by atoms with Crippen LogP contribution in [0, 0.1) is 10.8 Å². The second-order valence-electron chi connectivity index (χ2n) is 26.2. The van der Waals surface area contributed by atoms with Crippen molar-refractivity contribution in [2.75, 3.05) is 7.11 Å². The molecule has 16 heteroatoms. The maximum Gasteiger partial charge on any atom is 0.308 e. The Labute approximate surface area is 508 Å². The molecule has 10 atom stereocenters. The van der Waals surface area contributed by atoms with Crippen LogP contribution < -0.4 is 10.4 Å². The van der Waals surface area contributed by atoms with E-state index in [-0.39, 0.29) is 37.9 Å². The van der Waals surface area contributed by atoms with E-state index >= 15 is 9.59 Å². The highest BCUT2D eigenvalue weighted by molar-refractivity contribution is 6.99. The van der Waals surface area contributed by atoms with Crippen LogP contribution in [0.2, 0.25) is 41.3 Å². The number of fused-ring (bicyclic) bond motifs is 4. The zero-order chi connectivity index (χ0) is 62.5. The van der Waals surface area contributed by atoms with Gasteiger partial charge in [0.25, 0.3) is 8.32 Å². The summed E-state index contributed by atoms with van der Waals surface area (Å²) in [5.74, 6) is -3.24. The molecule has 0 spiro atoms. The van der Waals surface area contributed by atoms with Gasteiger partial charge >= 0.3 is 17.9 Å². The van der Waals surface area contributed by atoms with Gasteiger partial charge in [-0.1, -0.05) is 180 Å². The molecule has 3 heterocycles. The summed E-state index contributed by atoms with van der Waals surface area (Å²) >= 11 is 0. The smallest absolute Gasteiger partial charge is 0.308 e. The SMILES string of the molecule is C=C/C=C1\C[C@H](O[Si](c2ccccc2)(c2ccccc2)C(C)(C)C)C[C@H]([C@@H](C)O[Si](CC)(CC)CC)OC(=O)C[C@H](O[Si](CC)(CC)CC)C[C@@H]2C[C@H](OC(C)=O)C(C)(C)[C@](OC)(C[C@@H]3CC(=C)C[C@H](/C=C/C(C)(C)C(=O)[C@H]1OC(C)=O)O3)O2. The van der Waals surface area contributed by atoms with Gasteiger partial charge in [0.2, 0.25) is 0 Å². The standard InChI is InChI=1S/C68H106O13Si3/c1-20-33-52-42-55(81-84(65(12,13)14,58-34-29-27-30-35-58)59-36-31-28-32-37-59)44-60(49(9)79-82(21-2,22-3)23-4)77-62(71)46-56(80-83(24-5,25-6)26-7)43-54-45-61(74-50(10)69)67(17,18)68(73-19,78-54)47-57-41-48(8)40-53(76-57)38-39-66(15,16)64(72)63(52)75-51(11)70/h20,27-39,49,53-57,60-61,63H,1,8,21-26,40-47H2,2-7,9-19H3/b39-38+,52-33+/t49-,53+,54-,55+,56-,57+,60-,61+,63+,68+/m1/s1. The van der Waals surface area contributed by atoms with Gasteiger partial charge in [-0.05, 0) is 104 Å². The number of benzene rings is 2. The maximum absolute atomic E-state index is 15.6. The van der Waals surface area contributed by atoms with Gasteiger partial charge in [0.05, 0.1) is 48.5 Å². The summed E-state index contributed by atoms with van der Waals surface area (Å²) in [4.78, 5) is 57.6. The molecule has 0 aromatic heterocycles. The first-order valence-corrected chi connectivity index (χ1v) is 38.3. The number of carbonyl (C=O) groups excluding carboxylic acids is 4. The first-order valence-electron chi connectivity index (χ1n) is 31.3. The number of ether oxygens (including phenoxy) is 6. The third-order valence-electron chi connectivity index (χ3n) is 18.8. The fourth-order valence-electron chi connectivity index (χ4n) is 13.4. The summed E-state index contributed by atoms with van der Waals surface area (Å²) in [6, 6.07) is 25.8. The predicted molar refractivity (Wildman–Crippen MR) is 343 cm³/mol. The van der Waals surface area contributed by atoms with Crippen molar-refractivity contribution in [1.82, 2.24) is 0 Å². The minimum atomic E-state index is -3.43. The number of carbonyl (C=O) groups is 4. The van der Waals surface area contributed by atoms with Crippen molar-refractivity contribution >= 4 is 59.0 Å². The van der Waals surface area contributed by atoms with Crippen molar-refractivity contribution < 1.29 is 60.9 Å². The first-order chi connectivity index (χ1) is 39.5. The molecule has 468 valence electrons. The lowest BCUT2D eigenvalue weighted by Gasteiger charge is -2.55. The van der Waals surface area contributed by atoms with Crippen molar-refractivity contribution in [2.45, 2.75) is 264 Å². The summed E-state index contributed by atoms with van der Waals surface area (Å²) < 4.78 is 63.1. The quantitative estimate of drug-likeness (QED) is 0.0568. The number of allylic oxidation sites excluding steroid dienone is 3. The molecule has 2 aromatic rings. The lowest BCUT2D eigenvalue weighted by atomic mass is 9.70. The van der Waals surface area contributed by atoms with Crippen molar-refractivity contribution in [1.29, 1.82) is 0 Å². The zero-order valence-electron chi connectivity index (χ0n) is 54.4. The maximum atomic E-state index is 15.6. The molecule has 2 aromatic carbocycles. The number of cyclic esters (lactones) is 1. The molecule has 0 saturated carbocycles. The summed E-state index contributed by atoms with van der Waals surface area (Å²) in [7, 11) is -6.63. The van der Waals surface area contributed by atoms with Crippen LogP contribution >= 0.6 is 0 Å². The molecule has 3 aliphatic heterocycles. The lowest BCUT2D eigenvalue weighted by molar-refractivity contribution is -0.358. The third-order valence-corrected chi connectivity index (χ3v) is 33.4. The van der Waals surface area contributed by atoms with Crippen molar-refractivity contribution in [3.05, 3.63) is 109 Å². The highest BCUT2D eigenvalue weighted by atomic mass is 28.4. The van der Waals surface area contributed by atoms with Gasteiger partial charge < -0.3 is 41.7 Å². The van der Waals surface area contributed by atoms with Crippen LogP contribution in [0.1, 0.15) is 162 Å². The van der Waals surface area contributed by atoms with E-state index in [1.165, 1.54) is 13.8 Å². The minimum Gasteiger partial charge on any atom is -0.462 e. The second-order valence-corrected chi connectivity index (χ2v) is 39.9.